The van der Waals surface area contributed by atoms with Gasteiger partial charge in [-0.1, -0.05) is 97.1 Å². The minimum absolute atomic E-state index is 0.0742. The topological polar surface area (TPSA) is 89.4 Å². The van der Waals surface area contributed by atoms with Gasteiger partial charge in [-0.25, -0.2) is 4.99 Å². The summed E-state index contributed by atoms with van der Waals surface area (Å²) < 4.78 is 17.6. The van der Waals surface area contributed by atoms with Crippen LogP contribution in [-0.2, 0) is 14.3 Å². The minimum Gasteiger partial charge on any atom is -0.494 e. The molecule has 0 aliphatic carbocycles. The van der Waals surface area contributed by atoms with Crippen molar-refractivity contribution in [3.8, 4) is 16.9 Å². The molecule has 4 aromatic carbocycles. The summed E-state index contributed by atoms with van der Waals surface area (Å²) in [6.45, 7) is 1.50. The molecule has 7 heteroatoms. The molecule has 1 heterocycles. The summed E-state index contributed by atoms with van der Waals surface area (Å²) in [7, 11) is 1.65. The van der Waals surface area contributed by atoms with Crippen molar-refractivity contribution >= 4 is 17.9 Å². The Labute approximate surface area is 265 Å². The van der Waals surface area contributed by atoms with Gasteiger partial charge in [0, 0.05) is 45.3 Å². The molecular formula is C38H40N2O5. The molecule has 7 nitrogen and oxygen atoms in total. The van der Waals surface area contributed by atoms with Crippen molar-refractivity contribution in [1.82, 2.24) is 5.32 Å². The highest BCUT2D eigenvalue weighted by Gasteiger charge is 2.52. The van der Waals surface area contributed by atoms with Gasteiger partial charge in [0.05, 0.1) is 6.61 Å². The summed E-state index contributed by atoms with van der Waals surface area (Å²) in [5, 5.41) is 12.2. The van der Waals surface area contributed by atoms with Gasteiger partial charge >= 0.3 is 0 Å². The van der Waals surface area contributed by atoms with Gasteiger partial charge in [-0.2, -0.15) is 0 Å². The summed E-state index contributed by atoms with van der Waals surface area (Å²) in [6.07, 6.45) is 4.92. The molecule has 2 N–H and O–H groups in total. The second-order valence-electron chi connectivity index (χ2n) is 10.9. The predicted molar refractivity (Wildman–Crippen MR) is 178 cm³/mol. The van der Waals surface area contributed by atoms with Crippen LogP contribution in [0.3, 0.4) is 0 Å². The summed E-state index contributed by atoms with van der Waals surface area (Å²) in [4.78, 5) is 19.3. The molecule has 0 spiro atoms. The number of carbonyl (C=O) groups excluding carboxylic acids is 1. The van der Waals surface area contributed by atoms with Crippen LogP contribution in [0.25, 0.3) is 17.2 Å². The number of ether oxygens (including phenoxy) is 3. The Balaban J connectivity index is 1.51. The molecule has 0 saturated heterocycles. The number of rotatable bonds is 15. The average molecular weight is 605 g/mol. The Hall–Kier alpha value is -4.72. The molecule has 1 amide bonds. The lowest BCUT2D eigenvalue weighted by Gasteiger charge is -2.30. The van der Waals surface area contributed by atoms with Crippen LogP contribution in [0, 0.1) is 0 Å². The van der Waals surface area contributed by atoms with E-state index in [1.807, 2.05) is 97.1 Å². The third-order valence-electron chi connectivity index (χ3n) is 7.70. The van der Waals surface area contributed by atoms with Crippen LogP contribution in [0.15, 0.2) is 120 Å². The quantitative estimate of drug-likeness (QED) is 0.149. The van der Waals surface area contributed by atoms with E-state index in [2.05, 4.69) is 29.6 Å². The molecule has 45 heavy (non-hydrogen) atoms. The van der Waals surface area contributed by atoms with Crippen molar-refractivity contribution in [1.29, 1.82) is 0 Å². The monoisotopic (exact) mass is 604 g/mol. The van der Waals surface area contributed by atoms with Gasteiger partial charge in [-0.3, -0.25) is 4.79 Å². The van der Waals surface area contributed by atoms with E-state index >= 15 is 0 Å². The molecule has 1 aliphatic heterocycles. The highest BCUT2D eigenvalue weighted by molar-refractivity contribution is 6.01. The third kappa shape index (κ3) is 8.06. The van der Waals surface area contributed by atoms with Crippen molar-refractivity contribution in [3.63, 3.8) is 0 Å². The molecule has 0 aromatic heterocycles. The van der Waals surface area contributed by atoms with Crippen LogP contribution < -0.4 is 10.1 Å². The zero-order valence-electron chi connectivity index (χ0n) is 25.6. The number of carbonyl (C=O) groups is 1. The number of aliphatic hydroxyl groups excluding tert-OH is 1. The molecule has 4 aromatic rings. The lowest BCUT2D eigenvalue weighted by Crippen LogP contribution is -2.48. The Morgan fingerprint density at radius 1 is 0.867 bits per heavy atom. The van der Waals surface area contributed by atoms with Gasteiger partial charge in [-0.05, 0) is 52.9 Å². The molecule has 232 valence electrons. The smallest absolute Gasteiger partial charge is 0.252 e. The second-order valence-corrected chi connectivity index (χ2v) is 10.9. The Kier molecular flexibility index (Phi) is 11.2. The molecule has 0 bridgehead atoms. The summed E-state index contributed by atoms with van der Waals surface area (Å²) >= 11 is 0. The number of aliphatic hydroxyl groups is 1. The fourth-order valence-corrected chi connectivity index (χ4v) is 5.31. The number of methoxy groups -OCH3 is 1. The van der Waals surface area contributed by atoms with E-state index in [9.17, 15) is 4.79 Å². The number of amides is 1. The van der Waals surface area contributed by atoms with Crippen LogP contribution >= 0.6 is 0 Å². The van der Waals surface area contributed by atoms with Gasteiger partial charge in [0.15, 0.2) is 11.6 Å². The SMILES string of the molecule is COCCCNC(=O)[C@]1(C/C=C/c2ccccc2)N=C(c2ccc(OCCCO)cc2)O[C@@H]1c1ccc(-c2ccccc2)cc1. The lowest BCUT2D eigenvalue weighted by molar-refractivity contribution is -0.128. The molecule has 1 aliphatic rings. The maximum absolute atomic E-state index is 14.2. The summed E-state index contributed by atoms with van der Waals surface area (Å²) in [5.74, 6) is 0.883. The molecule has 0 unspecified atom stereocenters. The third-order valence-corrected chi connectivity index (χ3v) is 7.70. The van der Waals surface area contributed by atoms with Crippen molar-refractivity contribution in [2.75, 3.05) is 33.5 Å². The Morgan fingerprint density at radius 2 is 1.53 bits per heavy atom. The average Bonchev–Trinajstić information content (AvgIpc) is 3.49. The Bertz CT molecular complexity index is 1550. The van der Waals surface area contributed by atoms with Gasteiger partial charge in [0.1, 0.15) is 5.75 Å². The van der Waals surface area contributed by atoms with Gasteiger partial charge in [0.2, 0.25) is 5.90 Å². The number of benzene rings is 4. The van der Waals surface area contributed by atoms with Crippen molar-refractivity contribution < 1.29 is 24.1 Å². The number of hydrogen-bond acceptors (Lipinski definition) is 6. The molecule has 0 saturated carbocycles. The Morgan fingerprint density at radius 3 is 2.22 bits per heavy atom. The van der Waals surface area contributed by atoms with Gasteiger partial charge < -0.3 is 24.6 Å². The van der Waals surface area contributed by atoms with Crippen LogP contribution in [0.1, 0.15) is 42.1 Å². The number of nitrogens with zero attached hydrogens (tertiary/aromatic N) is 1. The molecular weight excluding hydrogens is 564 g/mol. The van der Waals surface area contributed by atoms with E-state index < -0.39 is 11.6 Å². The number of aliphatic imine (C=N–C) groups is 1. The molecule has 0 fully saturated rings. The molecule has 2 atom stereocenters. The first-order valence-electron chi connectivity index (χ1n) is 15.4. The lowest BCUT2D eigenvalue weighted by atomic mass is 9.83. The van der Waals surface area contributed by atoms with Gasteiger partial charge in [-0.15, -0.1) is 0 Å². The largest absolute Gasteiger partial charge is 0.494 e. The predicted octanol–water partition coefficient (Wildman–Crippen LogP) is 6.63. The number of nitrogens with one attached hydrogen (secondary N) is 1. The number of hydrogen-bond donors (Lipinski definition) is 2. The van der Waals surface area contributed by atoms with E-state index in [0.29, 0.717) is 50.7 Å². The highest BCUT2D eigenvalue weighted by Crippen LogP contribution is 2.43. The maximum atomic E-state index is 14.2. The second kappa shape index (κ2) is 15.8. The van der Waals surface area contributed by atoms with E-state index in [-0.39, 0.29) is 12.5 Å². The zero-order valence-corrected chi connectivity index (χ0v) is 25.6. The van der Waals surface area contributed by atoms with Crippen LogP contribution in [0.4, 0.5) is 0 Å². The van der Waals surface area contributed by atoms with Gasteiger partial charge in [0.25, 0.3) is 5.91 Å². The van der Waals surface area contributed by atoms with E-state index in [4.69, 9.17) is 24.3 Å². The first-order chi connectivity index (χ1) is 22.1. The molecule has 0 radical (unpaired) electrons. The van der Waals surface area contributed by atoms with Crippen LogP contribution in [-0.4, -0.2) is 55.9 Å². The summed E-state index contributed by atoms with van der Waals surface area (Å²) in [5.41, 5.74) is 3.58. The normalized spacial score (nSPS) is 17.6. The standard InChI is InChI=1S/C38H40N2O5/c1-43-27-9-25-39-37(42)38(24-8-13-29-11-4-2-5-12-29)35(32-18-16-31(17-19-32)30-14-6-3-7-15-30)45-36(40-38)33-20-22-34(23-21-33)44-28-10-26-41/h2-8,11-23,35,41H,9-10,24-28H2,1H3,(H,39,42)/b13-8+/t35-,38-/m1/s1. The van der Waals surface area contributed by atoms with Crippen LogP contribution in [0.2, 0.25) is 0 Å². The zero-order chi connectivity index (χ0) is 31.3. The van der Waals surface area contributed by atoms with Crippen molar-refractivity contribution in [3.05, 3.63) is 132 Å². The first kappa shape index (κ1) is 31.7. The van der Waals surface area contributed by atoms with Crippen molar-refractivity contribution in [2.45, 2.75) is 30.9 Å². The first-order valence-corrected chi connectivity index (χ1v) is 15.4. The highest BCUT2D eigenvalue weighted by atomic mass is 16.5. The summed E-state index contributed by atoms with van der Waals surface area (Å²) in [6, 6.07) is 35.8. The fraction of sp³-hybridized carbons (Fsp3) is 0.263. The van der Waals surface area contributed by atoms with Crippen LogP contribution in [0.5, 0.6) is 5.75 Å². The van der Waals surface area contributed by atoms with E-state index in [1.165, 1.54) is 0 Å². The fourth-order valence-electron chi connectivity index (χ4n) is 5.31. The minimum atomic E-state index is -1.25. The van der Waals surface area contributed by atoms with E-state index in [1.54, 1.807) is 7.11 Å². The van der Waals surface area contributed by atoms with Crippen molar-refractivity contribution in [2.24, 2.45) is 4.99 Å². The van der Waals surface area contributed by atoms with E-state index in [0.717, 1.165) is 27.8 Å². The maximum Gasteiger partial charge on any atom is 0.252 e. The molecule has 5 rings (SSSR count).